The highest BCUT2D eigenvalue weighted by Crippen LogP contribution is 2.45. The first-order valence-electron chi connectivity index (χ1n) is 10.2. The molecule has 1 amide bonds. The van der Waals surface area contributed by atoms with E-state index in [1.165, 1.54) is 11.3 Å². The molecule has 3 aromatic rings. The minimum absolute atomic E-state index is 0.0169. The van der Waals surface area contributed by atoms with E-state index in [0.717, 1.165) is 44.9 Å². The number of alkyl halides is 1. The van der Waals surface area contributed by atoms with Crippen LogP contribution in [0.3, 0.4) is 0 Å². The molecule has 2 N–H and O–H groups in total. The first-order chi connectivity index (χ1) is 15.0. The summed E-state index contributed by atoms with van der Waals surface area (Å²) in [7, 11) is 0. The molecule has 4 heterocycles. The molecule has 1 fully saturated rings. The number of hydrogen-bond acceptors (Lipinski definition) is 6. The highest BCUT2D eigenvalue weighted by Gasteiger charge is 2.35. The number of piperazine rings is 1. The zero-order chi connectivity index (χ0) is 21.5. The van der Waals surface area contributed by atoms with Gasteiger partial charge in [0.05, 0.1) is 16.1 Å². The van der Waals surface area contributed by atoms with Gasteiger partial charge in [-0.2, -0.15) is 0 Å². The Morgan fingerprint density at radius 2 is 2.13 bits per heavy atom. The molecule has 0 radical (unpaired) electrons. The van der Waals surface area contributed by atoms with Gasteiger partial charge in [-0.05, 0) is 24.3 Å². The summed E-state index contributed by atoms with van der Waals surface area (Å²) >= 11 is 13.7. The maximum Gasteiger partial charge on any atom is 0.264 e. The van der Waals surface area contributed by atoms with Gasteiger partial charge in [0, 0.05) is 65.4 Å². The third-order valence-electron chi connectivity index (χ3n) is 5.70. The number of benzene rings is 1. The second-order valence-corrected chi connectivity index (χ2v) is 9.55. The number of thiophene rings is 1. The molecule has 2 aliphatic heterocycles. The quantitative estimate of drug-likeness (QED) is 0.561. The second kappa shape index (κ2) is 8.56. The highest BCUT2D eigenvalue weighted by atomic mass is 35.5. The van der Waals surface area contributed by atoms with Crippen LogP contribution in [-0.4, -0.2) is 59.1 Å². The molecule has 0 aliphatic carbocycles. The molecule has 1 aromatic carbocycles. The zero-order valence-corrected chi connectivity index (χ0v) is 18.9. The van der Waals surface area contributed by atoms with E-state index in [1.54, 1.807) is 6.20 Å². The van der Waals surface area contributed by atoms with Gasteiger partial charge >= 0.3 is 0 Å². The minimum atomic E-state index is -0.740. The topological polar surface area (TPSA) is 74.7 Å². The van der Waals surface area contributed by atoms with E-state index in [-0.39, 0.29) is 11.8 Å². The van der Waals surface area contributed by atoms with Crippen LogP contribution < -0.4 is 10.1 Å². The second-order valence-electron chi connectivity index (χ2n) is 7.72. The van der Waals surface area contributed by atoms with Crippen LogP contribution >= 0.6 is 34.5 Å². The molecule has 2 unspecified atom stereocenters. The number of rotatable bonds is 4. The number of halogens is 2. The zero-order valence-electron chi connectivity index (χ0n) is 16.6. The fourth-order valence-electron chi connectivity index (χ4n) is 4.16. The fourth-order valence-corrected chi connectivity index (χ4v) is 5.79. The van der Waals surface area contributed by atoms with E-state index in [9.17, 15) is 9.90 Å². The van der Waals surface area contributed by atoms with Gasteiger partial charge in [0.25, 0.3) is 5.91 Å². The molecule has 162 valence electrons. The molecule has 2 atom stereocenters. The molecule has 0 spiro atoms. The van der Waals surface area contributed by atoms with Crippen molar-refractivity contribution in [1.29, 1.82) is 0 Å². The molecule has 5 rings (SSSR count). The van der Waals surface area contributed by atoms with Crippen molar-refractivity contribution in [3.05, 3.63) is 45.9 Å². The molecule has 31 heavy (non-hydrogen) atoms. The Morgan fingerprint density at radius 3 is 2.90 bits per heavy atom. The molecule has 2 aliphatic rings. The molecule has 9 heteroatoms. The van der Waals surface area contributed by atoms with Crippen molar-refractivity contribution in [2.24, 2.45) is 0 Å². The number of nitrogens with zero attached hydrogens (tertiary/aromatic N) is 2. The van der Waals surface area contributed by atoms with Crippen LogP contribution in [0.1, 0.15) is 16.5 Å². The van der Waals surface area contributed by atoms with Crippen molar-refractivity contribution in [3.8, 4) is 16.9 Å². The monoisotopic (exact) mass is 477 g/mol. The first kappa shape index (κ1) is 21.0. The van der Waals surface area contributed by atoms with Gasteiger partial charge < -0.3 is 20.1 Å². The number of aliphatic hydroxyl groups is 1. The maximum atomic E-state index is 13.0. The smallest absolute Gasteiger partial charge is 0.264 e. The van der Waals surface area contributed by atoms with Gasteiger partial charge in [0.2, 0.25) is 0 Å². The largest absolute Gasteiger partial charge is 0.479 e. The summed E-state index contributed by atoms with van der Waals surface area (Å²) < 4.78 is 7.15. The normalized spacial score (nSPS) is 19.3. The standard InChI is InChI=1S/C22H21Cl2N3O3S/c23-11-17(28)19-10-16-21(31-19)14(1-2-26-16)15-9-13(24)7-12-8-18(30-20(12)15)22(29)27-5-3-25-4-6-27/h1-2,7,9-10,17-18,25,28H,3-6,8,11H2. The van der Waals surface area contributed by atoms with Crippen LogP contribution in [0.4, 0.5) is 0 Å². The number of carbonyl (C=O) groups excluding carboxylic acids is 1. The fraction of sp³-hybridized carbons (Fsp3) is 0.364. The number of ether oxygens (including phenoxy) is 1. The Labute approximate surface area is 193 Å². The predicted molar refractivity (Wildman–Crippen MR) is 123 cm³/mol. The number of fused-ring (bicyclic) bond motifs is 2. The van der Waals surface area contributed by atoms with Gasteiger partial charge in [-0.15, -0.1) is 22.9 Å². The van der Waals surface area contributed by atoms with Gasteiger partial charge in [-0.25, -0.2) is 0 Å². The number of aliphatic hydroxyl groups excluding tert-OH is 1. The van der Waals surface area contributed by atoms with E-state index < -0.39 is 12.2 Å². The van der Waals surface area contributed by atoms with E-state index in [1.807, 2.05) is 29.2 Å². The number of pyridine rings is 1. The summed E-state index contributed by atoms with van der Waals surface area (Å²) in [5.74, 6) is 0.828. The lowest BCUT2D eigenvalue weighted by Gasteiger charge is -2.29. The maximum absolute atomic E-state index is 13.0. The number of amides is 1. The summed E-state index contributed by atoms with van der Waals surface area (Å²) in [6, 6.07) is 7.51. The van der Waals surface area contributed by atoms with Crippen molar-refractivity contribution in [3.63, 3.8) is 0 Å². The van der Waals surface area contributed by atoms with E-state index >= 15 is 0 Å². The Hall–Kier alpha value is -1.90. The molecular weight excluding hydrogens is 457 g/mol. The molecule has 6 nitrogen and oxygen atoms in total. The average molecular weight is 478 g/mol. The van der Waals surface area contributed by atoms with E-state index in [2.05, 4.69) is 10.3 Å². The number of carbonyl (C=O) groups is 1. The number of nitrogens with one attached hydrogen (secondary N) is 1. The van der Waals surface area contributed by atoms with Crippen molar-refractivity contribution in [2.75, 3.05) is 32.1 Å². The number of hydrogen-bond donors (Lipinski definition) is 2. The summed E-state index contributed by atoms with van der Waals surface area (Å²) in [6.45, 7) is 2.97. The Balaban J connectivity index is 1.53. The molecule has 2 aromatic heterocycles. The van der Waals surface area contributed by atoms with Crippen LogP contribution in [0.5, 0.6) is 5.75 Å². The molecule has 0 bridgehead atoms. The molecule has 1 saturated heterocycles. The molecule has 0 saturated carbocycles. The summed E-state index contributed by atoms with van der Waals surface area (Å²) in [5, 5.41) is 14.0. The van der Waals surface area contributed by atoms with Crippen LogP contribution in [0, 0.1) is 0 Å². The van der Waals surface area contributed by atoms with Crippen LogP contribution in [0.25, 0.3) is 21.3 Å². The van der Waals surface area contributed by atoms with Crippen LogP contribution in [0.15, 0.2) is 30.5 Å². The highest BCUT2D eigenvalue weighted by molar-refractivity contribution is 7.19. The first-order valence-corrected chi connectivity index (χ1v) is 11.9. The lowest BCUT2D eigenvalue weighted by atomic mass is 10.0. The summed E-state index contributed by atoms with van der Waals surface area (Å²) in [4.78, 5) is 20.1. The lowest BCUT2D eigenvalue weighted by Crippen LogP contribution is -2.50. The third kappa shape index (κ3) is 3.90. The minimum Gasteiger partial charge on any atom is -0.479 e. The lowest BCUT2D eigenvalue weighted by molar-refractivity contribution is -0.138. The van der Waals surface area contributed by atoms with Crippen molar-refractivity contribution in [1.82, 2.24) is 15.2 Å². The van der Waals surface area contributed by atoms with Crippen LogP contribution in [-0.2, 0) is 11.2 Å². The predicted octanol–water partition coefficient (Wildman–Crippen LogP) is 3.62. The Bertz CT molecular complexity index is 1150. The van der Waals surface area contributed by atoms with Gasteiger partial charge in [-0.1, -0.05) is 11.6 Å². The van der Waals surface area contributed by atoms with Gasteiger partial charge in [-0.3, -0.25) is 9.78 Å². The van der Waals surface area contributed by atoms with E-state index in [4.69, 9.17) is 27.9 Å². The Morgan fingerprint density at radius 1 is 1.32 bits per heavy atom. The number of aromatic nitrogens is 1. The average Bonchev–Trinajstić information content (AvgIpc) is 3.42. The van der Waals surface area contributed by atoms with Crippen molar-refractivity contribution >= 4 is 50.7 Å². The van der Waals surface area contributed by atoms with E-state index in [0.29, 0.717) is 30.3 Å². The third-order valence-corrected chi connectivity index (χ3v) is 7.47. The van der Waals surface area contributed by atoms with Gasteiger partial charge in [0.15, 0.2) is 6.10 Å². The summed E-state index contributed by atoms with van der Waals surface area (Å²) in [6.07, 6.45) is 0.948. The molecular formula is C22H21Cl2N3O3S. The summed E-state index contributed by atoms with van der Waals surface area (Å²) in [5.41, 5.74) is 3.46. The van der Waals surface area contributed by atoms with Crippen LogP contribution in [0.2, 0.25) is 5.02 Å². The van der Waals surface area contributed by atoms with Crippen molar-refractivity contribution < 1.29 is 14.6 Å². The van der Waals surface area contributed by atoms with Crippen molar-refractivity contribution in [2.45, 2.75) is 18.6 Å². The van der Waals surface area contributed by atoms with Gasteiger partial charge in [0.1, 0.15) is 11.9 Å². The SMILES string of the molecule is O=C(C1Cc2cc(Cl)cc(-c3ccnc4cc(C(O)CCl)sc34)c2O1)N1CCNCC1. The Kier molecular flexibility index (Phi) is 5.79.